The first kappa shape index (κ1) is 24.6. The maximum absolute atomic E-state index is 12.8. The monoisotopic (exact) mass is 511 g/mol. The maximum Gasteiger partial charge on any atom is 0.261 e. The molecule has 4 aromatic rings. The molecule has 196 valence electrons. The van der Waals surface area contributed by atoms with E-state index in [1.54, 1.807) is 18.7 Å². The molecule has 0 saturated heterocycles. The van der Waals surface area contributed by atoms with Crippen LogP contribution >= 0.6 is 0 Å². The molecule has 1 aromatic carbocycles. The van der Waals surface area contributed by atoms with Crippen molar-refractivity contribution in [2.24, 2.45) is 11.8 Å². The van der Waals surface area contributed by atoms with Gasteiger partial charge in [0.25, 0.3) is 5.91 Å². The third-order valence-corrected chi connectivity index (χ3v) is 7.55. The quantitative estimate of drug-likeness (QED) is 0.375. The topological polar surface area (TPSA) is 108 Å². The molecule has 2 saturated carbocycles. The summed E-state index contributed by atoms with van der Waals surface area (Å²) in [5.74, 6) is 2.96. The molecule has 0 bridgehead atoms. The minimum atomic E-state index is -1.02. The molecule has 1 aliphatic heterocycles. The number of aryl methyl sites for hydroxylation is 2. The van der Waals surface area contributed by atoms with Crippen LogP contribution in [0.15, 0.2) is 36.9 Å². The summed E-state index contributed by atoms with van der Waals surface area (Å²) in [7, 11) is 0. The van der Waals surface area contributed by atoms with Gasteiger partial charge in [-0.3, -0.25) is 4.79 Å². The summed E-state index contributed by atoms with van der Waals surface area (Å²) < 4.78 is 8.20. The number of nitrogens with zero attached hydrogens (tertiary/aromatic N) is 6. The van der Waals surface area contributed by atoms with Gasteiger partial charge < -0.3 is 14.6 Å². The van der Waals surface area contributed by atoms with Crippen molar-refractivity contribution in [1.29, 1.82) is 0 Å². The largest absolute Gasteiger partial charge is 0.360 e. The first-order valence-electron chi connectivity index (χ1n) is 13.5. The van der Waals surface area contributed by atoms with Gasteiger partial charge in [0.15, 0.2) is 11.2 Å². The van der Waals surface area contributed by atoms with E-state index < -0.39 is 5.60 Å². The molecule has 7 rings (SSSR count). The van der Waals surface area contributed by atoms with Crippen molar-refractivity contribution in [3.63, 3.8) is 0 Å². The lowest BCUT2D eigenvalue weighted by molar-refractivity contribution is -0.139. The number of amides is 1. The third-order valence-electron chi connectivity index (χ3n) is 7.55. The molecular formula is C29H33N7O2. The first-order valence-corrected chi connectivity index (χ1v) is 13.5. The molecule has 1 N–H and O–H groups in total. The molecule has 0 radical (unpaired) electrons. The summed E-state index contributed by atoms with van der Waals surface area (Å²) in [6, 6.07) is 5.85. The Labute approximate surface area is 222 Å². The van der Waals surface area contributed by atoms with Crippen molar-refractivity contribution in [2.75, 3.05) is 11.9 Å². The Morgan fingerprint density at radius 2 is 1.82 bits per heavy atom. The predicted octanol–water partition coefficient (Wildman–Crippen LogP) is 5.29. The van der Waals surface area contributed by atoms with Gasteiger partial charge in [-0.2, -0.15) is 0 Å². The Morgan fingerprint density at radius 3 is 2.47 bits per heavy atom. The number of nitrogens with one attached hydrogen (secondary N) is 1. The van der Waals surface area contributed by atoms with Crippen molar-refractivity contribution < 1.29 is 9.53 Å². The number of hydrogen-bond acceptors (Lipinski definition) is 7. The fourth-order valence-corrected chi connectivity index (χ4v) is 4.61. The molecule has 2 fully saturated rings. The van der Waals surface area contributed by atoms with Crippen molar-refractivity contribution in [3.8, 4) is 22.6 Å². The summed E-state index contributed by atoms with van der Waals surface area (Å²) in [5, 5.41) is 2.97. The Bertz CT molecular complexity index is 1510. The number of aromatic nitrogens is 6. The molecule has 9 nitrogen and oxygen atoms in total. The van der Waals surface area contributed by atoms with Crippen molar-refractivity contribution in [1.82, 2.24) is 29.5 Å². The van der Waals surface area contributed by atoms with E-state index in [0.29, 0.717) is 36.1 Å². The Morgan fingerprint density at radius 1 is 1.08 bits per heavy atom. The first-order chi connectivity index (χ1) is 18.4. The average molecular weight is 512 g/mol. The zero-order valence-corrected chi connectivity index (χ0v) is 22.4. The van der Waals surface area contributed by atoms with E-state index in [-0.39, 0.29) is 5.91 Å². The standard InChI is InChI=1S/C25H25N7O2.C4H8/c1-4-32-22(17-10-26-14(2)27-11-17)31-21-20(28-13-29-23(21)32)16-7-8-19-18(9-16)25(3,24(33)30-19)34-12-15-5-6-15;1-4-2-3-4/h7-11,13,15H,4-6,12H2,1-3H3,(H,30,33);4H,2-3H2,1H3. The van der Waals surface area contributed by atoms with Gasteiger partial charge in [-0.25, -0.2) is 24.9 Å². The number of rotatable bonds is 6. The van der Waals surface area contributed by atoms with E-state index in [9.17, 15) is 4.79 Å². The molecule has 1 atom stereocenters. The zero-order valence-electron chi connectivity index (χ0n) is 22.4. The van der Waals surface area contributed by atoms with Crippen LogP contribution in [0, 0.1) is 18.8 Å². The van der Waals surface area contributed by atoms with Crippen LogP contribution in [0.25, 0.3) is 33.8 Å². The van der Waals surface area contributed by atoms with E-state index in [2.05, 4.69) is 39.1 Å². The van der Waals surface area contributed by atoms with Crippen LogP contribution in [0.2, 0.25) is 0 Å². The fourth-order valence-electron chi connectivity index (χ4n) is 4.61. The third kappa shape index (κ3) is 4.55. The van der Waals surface area contributed by atoms with Crippen LogP contribution < -0.4 is 5.32 Å². The second kappa shape index (κ2) is 9.54. The molecule has 9 heteroatoms. The normalized spacial score (nSPS) is 20.2. The highest BCUT2D eigenvalue weighted by molar-refractivity contribution is 6.05. The summed E-state index contributed by atoms with van der Waals surface area (Å²) in [5.41, 5.74) is 4.39. The van der Waals surface area contributed by atoms with E-state index in [1.165, 1.54) is 12.8 Å². The molecule has 2 aliphatic carbocycles. The minimum Gasteiger partial charge on any atom is -0.360 e. The van der Waals surface area contributed by atoms with Crippen LogP contribution in [0.1, 0.15) is 57.8 Å². The van der Waals surface area contributed by atoms with E-state index in [0.717, 1.165) is 52.6 Å². The zero-order chi connectivity index (χ0) is 26.4. The second-order valence-corrected chi connectivity index (χ2v) is 10.8. The number of ether oxygens (including phenoxy) is 1. The smallest absolute Gasteiger partial charge is 0.261 e. The van der Waals surface area contributed by atoms with Gasteiger partial charge in [0.05, 0.1) is 12.2 Å². The number of carbonyl (C=O) groups excluding carboxylic acids is 1. The molecular weight excluding hydrogens is 478 g/mol. The number of fused-ring (bicyclic) bond motifs is 2. The van der Waals surface area contributed by atoms with Crippen LogP contribution in [-0.4, -0.2) is 42.0 Å². The molecule has 1 unspecified atom stereocenters. The summed E-state index contributed by atoms with van der Waals surface area (Å²) in [6.45, 7) is 9.31. The molecule has 1 amide bonds. The minimum absolute atomic E-state index is 0.134. The van der Waals surface area contributed by atoms with Gasteiger partial charge in [-0.05, 0) is 57.6 Å². The SMILES string of the molecule is CC1CC1.CCn1c(-c2cnc(C)nc2)nc2c(-c3ccc4c(c3)C(C)(OCC3CC3)C(=O)N4)ncnc21. The predicted molar refractivity (Wildman–Crippen MR) is 145 cm³/mol. The highest BCUT2D eigenvalue weighted by atomic mass is 16.5. The van der Waals surface area contributed by atoms with Crippen molar-refractivity contribution in [3.05, 3.63) is 48.3 Å². The number of anilines is 1. The summed E-state index contributed by atoms with van der Waals surface area (Å²) >= 11 is 0. The summed E-state index contributed by atoms with van der Waals surface area (Å²) in [6.07, 6.45) is 10.4. The van der Waals surface area contributed by atoms with Crippen molar-refractivity contribution >= 4 is 22.8 Å². The fraction of sp³-hybridized carbons (Fsp3) is 0.448. The van der Waals surface area contributed by atoms with Crippen LogP contribution in [0.5, 0.6) is 0 Å². The van der Waals surface area contributed by atoms with Crippen molar-refractivity contribution in [2.45, 2.75) is 65.5 Å². The molecule has 4 heterocycles. The van der Waals surface area contributed by atoms with E-state index >= 15 is 0 Å². The highest BCUT2D eigenvalue weighted by Crippen LogP contribution is 2.43. The Hall–Kier alpha value is -3.72. The lowest BCUT2D eigenvalue weighted by Gasteiger charge is -2.23. The van der Waals surface area contributed by atoms with Crippen LogP contribution in [0.3, 0.4) is 0 Å². The maximum atomic E-state index is 12.8. The van der Waals surface area contributed by atoms with E-state index in [1.807, 2.05) is 36.6 Å². The molecule has 0 spiro atoms. The number of benzene rings is 1. The number of carbonyl (C=O) groups is 1. The molecule has 38 heavy (non-hydrogen) atoms. The van der Waals surface area contributed by atoms with Gasteiger partial charge in [0.2, 0.25) is 0 Å². The van der Waals surface area contributed by atoms with E-state index in [4.69, 9.17) is 9.72 Å². The molecule has 3 aromatic heterocycles. The number of imidazole rings is 1. The van der Waals surface area contributed by atoms with Gasteiger partial charge in [-0.1, -0.05) is 25.8 Å². The Kier molecular flexibility index (Phi) is 6.18. The van der Waals surface area contributed by atoms with Crippen LogP contribution in [-0.2, 0) is 21.7 Å². The second-order valence-electron chi connectivity index (χ2n) is 10.8. The van der Waals surface area contributed by atoms with Gasteiger partial charge in [0.1, 0.15) is 29.2 Å². The lowest BCUT2D eigenvalue weighted by atomic mass is 9.94. The van der Waals surface area contributed by atoms with Crippen LogP contribution in [0.4, 0.5) is 5.69 Å². The summed E-state index contributed by atoms with van der Waals surface area (Å²) in [4.78, 5) is 35.5. The Balaban J connectivity index is 0.000000606. The number of hydrogen-bond donors (Lipinski definition) is 1. The van der Waals surface area contributed by atoms with Gasteiger partial charge >= 0.3 is 0 Å². The highest BCUT2D eigenvalue weighted by Gasteiger charge is 2.45. The van der Waals surface area contributed by atoms with Gasteiger partial charge in [-0.15, -0.1) is 0 Å². The van der Waals surface area contributed by atoms with Gasteiger partial charge in [0, 0.05) is 35.8 Å². The average Bonchev–Trinajstić information content (AvgIpc) is 3.86. The molecule has 3 aliphatic rings. The lowest BCUT2D eigenvalue weighted by Crippen LogP contribution is -2.34.